The molecule has 1 aliphatic rings. The van der Waals surface area contributed by atoms with Gasteiger partial charge in [-0.3, -0.25) is 14.2 Å². The molecule has 0 atom stereocenters. The second kappa shape index (κ2) is 8.35. The number of nitrogens with zero attached hydrogens (tertiary/aromatic N) is 1. The number of para-hydroxylation sites is 1. The second-order valence-corrected chi connectivity index (χ2v) is 7.81. The summed E-state index contributed by atoms with van der Waals surface area (Å²) in [6.45, 7) is 0. The van der Waals surface area contributed by atoms with Crippen molar-refractivity contribution in [1.82, 2.24) is 9.55 Å². The van der Waals surface area contributed by atoms with Crippen molar-refractivity contribution in [3.8, 4) is 5.75 Å². The predicted molar refractivity (Wildman–Crippen MR) is 130 cm³/mol. The molecule has 33 heavy (non-hydrogen) atoms. The number of carbonyl (C=O) groups is 1. The highest BCUT2D eigenvalue weighted by molar-refractivity contribution is 6.10. The molecule has 0 unspecified atom stereocenters. The van der Waals surface area contributed by atoms with Gasteiger partial charge in [0.1, 0.15) is 11.3 Å². The number of hydrogen-bond acceptors (Lipinski definition) is 4. The lowest BCUT2D eigenvalue weighted by Gasteiger charge is -2.18. The van der Waals surface area contributed by atoms with Crippen LogP contribution in [0.5, 0.6) is 5.75 Å². The van der Waals surface area contributed by atoms with Gasteiger partial charge in [-0.15, -0.1) is 0 Å². The Morgan fingerprint density at radius 3 is 2.45 bits per heavy atom. The standard InChI is InChI=1S/C26H23N3O4/c1-32-18-11-7-16(8-12-18)27-25(30)21-15-23-24(20-5-3-4-6-22(20)28-23)29(26(21)31)17-9-13-19(33-2)14-10-17/h3-9,11-13,15,28H,10,14H2,1-2H3,(H,27,30). The van der Waals surface area contributed by atoms with Crippen molar-refractivity contribution in [1.29, 1.82) is 0 Å². The number of ether oxygens (including phenoxy) is 2. The van der Waals surface area contributed by atoms with Gasteiger partial charge in [-0.2, -0.15) is 0 Å². The zero-order chi connectivity index (χ0) is 22.9. The fourth-order valence-corrected chi connectivity index (χ4v) is 4.19. The van der Waals surface area contributed by atoms with E-state index in [2.05, 4.69) is 10.3 Å². The zero-order valence-electron chi connectivity index (χ0n) is 18.3. The van der Waals surface area contributed by atoms with Gasteiger partial charge >= 0.3 is 0 Å². The van der Waals surface area contributed by atoms with Crippen LogP contribution in [-0.4, -0.2) is 29.7 Å². The van der Waals surface area contributed by atoms with Crippen LogP contribution in [0.4, 0.5) is 5.69 Å². The van der Waals surface area contributed by atoms with Gasteiger partial charge in [-0.1, -0.05) is 18.2 Å². The minimum absolute atomic E-state index is 0.0623. The number of carbonyl (C=O) groups excluding carboxylic acids is 1. The largest absolute Gasteiger partial charge is 0.501 e. The molecule has 0 fully saturated rings. The number of rotatable bonds is 5. The Balaban J connectivity index is 1.67. The lowest BCUT2D eigenvalue weighted by molar-refractivity contribution is 0.102. The monoisotopic (exact) mass is 441 g/mol. The third-order valence-electron chi connectivity index (χ3n) is 5.88. The fraction of sp³-hybridized carbons (Fsp3) is 0.154. The van der Waals surface area contributed by atoms with Crippen LogP contribution in [0.15, 0.2) is 77.3 Å². The van der Waals surface area contributed by atoms with E-state index in [1.54, 1.807) is 49.1 Å². The highest BCUT2D eigenvalue weighted by atomic mass is 16.5. The van der Waals surface area contributed by atoms with Crippen LogP contribution in [0.25, 0.3) is 27.6 Å². The minimum atomic E-state index is -0.469. The van der Waals surface area contributed by atoms with Crippen LogP contribution >= 0.6 is 0 Å². The van der Waals surface area contributed by atoms with Crippen molar-refractivity contribution in [2.45, 2.75) is 12.8 Å². The molecule has 7 heteroatoms. The average molecular weight is 441 g/mol. The van der Waals surface area contributed by atoms with Gasteiger partial charge in [-0.25, -0.2) is 0 Å². The normalized spacial score (nSPS) is 13.5. The zero-order valence-corrected chi connectivity index (χ0v) is 18.3. The maximum Gasteiger partial charge on any atom is 0.268 e. The third kappa shape index (κ3) is 3.67. The van der Waals surface area contributed by atoms with E-state index in [9.17, 15) is 9.59 Å². The van der Waals surface area contributed by atoms with Crippen molar-refractivity contribution < 1.29 is 14.3 Å². The summed E-state index contributed by atoms with van der Waals surface area (Å²) in [5, 5.41) is 3.75. The summed E-state index contributed by atoms with van der Waals surface area (Å²) in [7, 11) is 3.22. The van der Waals surface area contributed by atoms with Crippen molar-refractivity contribution in [2.24, 2.45) is 0 Å². The van der Waals surface area contributed by atoms with Crippen LogP contribution < -0.4 is 15.6 Å². The van der Waals surface area contributed by atoms with Gasteiger partial charge in [0.25, 0.3) is 11.5 Å². The van der Waals surface area contributed by atoms with E-state index in [0.29, 0.717) is 24.3 Å². The number of benzene rings is 2. The smallest absolute Gasteiger partial charge is 0.268 e. The van der Waals surface area contributed by atoms with Crippen molar-refractivity contribution >= 4 is 39.2 Å². The quantitative estimate of drug-likeness (QED) is 0.461. The SMILES string of the molecule is COC1=CC=C(n2c(=O)c(C(=O)Nc3ccc(OC)cc3)cc3[nH]c4ccccc4c32)CC1. The molecule has 0 bridgehead atoms. The Hall–Kier alpha value is -4.26. The first-order chi connectivity index (χ1) is 16.1. The summed E-state index contributed by atoms with van der Waals surface area (Å²) in [5.74, 6) is 1.07. The molecule has 1 amide bonds. The number of H-pyrrole nitrogens is 1. The van der Waals surface area contributed by atoms with Gasteiger partial charge in [0.15, 0.2) is 0 Å². The van der Waals surface area contributed by atoms with Crippen molar-refractivity contribution in [2.75, 3.05) is 19.5 Å². The Labute approximate surface area is 189 Å². The molecule has 4 aromatic rings. The van der Waals surface area contributed by atoms with E-state index < -0.39 is 5.91 Å². The number of fused-ring (bicyclic) bond motifs is 3. The van der Waals surface area contributed by atoms with Crippen LogP contribution in [-0.2, 0) is 4.74 Å². The molecule has 166 valence electrons. The van der Waals surface area contributed by atoms with E-state index in [1.807, 2.05) is 36.4 Å². The van der Waals surface area contributed by atoms with Gasteiger partial charge in [-0.05, 0) is 55.0 Å². The molecule has 2 aromatic carbocycles. The number of anilines is 1. The molecule has 2 aromatic heterocycles. The fourth-order valence-electron chi connectivity index (χ4n) is 4.19. The molecule has 2 N–H and O–H groups in total. The summed E-state index contributed by atoms with van der Waals surface area (Å²) in [6, 6.07) is 16.4. The molecule has 0 radical (unpaired) electrons. The molecule has 7 nitrogen and oxygen atoms in total. The summed E-state index contributed by atoms with van der Waals surface area (Å²) in [6.07, 6.45) is 5.06. The van der Waals surface area contributed by atoms with Gasteiger partial charge < -0.3 is 19.8 Å². The number of allylic oxidation sites excluding steroid dienone is 4. The van der Waals surface area contributed by atoms with Crippen LogP contribution in [0.3, 0.4) is 0 Å². The first-order valence-electron chi connectivity index (χ1n) is 10.6. The number of pyridine rings is 1. The summed E-state index contributed by atoms with van der Waals surface area (Å²) < 4.78 is 12.2. The Morgan fingerprint density at radius 1 is 0.970 bits per heavy atom. The number of methoxy groups -OCH3 is 2. The predicted octanol–water partition coefficient (Wildman–Crippen LogP) is 4.91. The molecule has 0 saturated carbocycles. The van der Waals surface area contributed by atoms with Gasteiger partial charge in [0.2, 0.25) is 0 Å². The molecule has 0 aliphatic heterocycles. The van der Waals surface area contributed by atoms with E-state index in [-0.39, 0.29) is 11.1 Å². The maximum absolute atomic E-state index is 13.7. The Morgan fingerprint density at radius 2 is 1.76 bits per heavy atom. The summed E-state index contributed by atoms with van der Waals surface area (Å²) >= 11 is 0. The Bertz CT molecular complexity index is 1490. The summed E-state index contributed by atoms with van der Waals surface area (Å²) in [5.41, 5.74) is 3.47. The molecule has 2 heterocycles. The van der Waals surface area contributed by atoms with Crippen molar-refractivity contribution in [3.05, 3.63) is 88.4 Å². The number of amides is 1. The minimum Gasteiger partial charge on any atom is -0.501 e. The molecule has 1 aliphatic carbocycles. The first kappa shape index (κ1) is 20.6. The van der Waals surface area contributed by atoms with Crippen LogP contribution in [0, 0.1) is 0 Å². The second-order valence-electron chi connectivity index (χ2n) is 7.81. The van der Waals surface area contributed by atoms with Gasteiger partial charge in [0, 0.05) is 28.7 Å². The summed E-state index contributed by atoms with van der Waals surface area (Å²) in [4.78, 5) is 30.2. The highest BCUT2D eigenvalue weighted by Crippen LogP contribution is 2.30. The van der Waals surface area contributed by atoms with E-state index >= 15 is 0 Å². The number of aromatic amines is 1. The van der Waals surface area contributed by atoms with E-state index in [4.69, 9.17) is 9.47 Å². The third-order valence-corrected chi connectivity index (χ3v) is 5.88. The lowest BCUT2D eigenvalue weighted by Crippen LogP contribution is -2.29. The van der Waals surface area contributed by atoms with Gasteiger partial charge in [0.05, 0.1) is 31.0 Å². The van der Waals surface area contributed by atoms with Crippen LogP contribution in [0.2, 0.25) is 0 Å². The number of aromatic nitrogens is 2. The molecular formula is C26H23N3O4. The van der Waals surface area contributed by atoms with Crippen LogP contribution in [0.1, 0.15) is 23.2 Å². The van der Waals surface area contributed by atoms with Crippen molar-refractivity contribution in [3.63, 3.8) is 0 Å². The Kier molecular flexibility index (Phi) is 5.22. The van der Waals surface area contributed by atoms with E-state index in [1.165, 1.54) is 0 Å². The molecule has 0 spiro atoms. The topological polar surface area (TPSA) is 85.3 Å². The number of nitrogens with one attached hydrogen (secondary N) is 2. The average Bonchev–Trinajstić information content (AvgIpc) is 3.22. The number of hydrogen-bond donors (Lipinski definition) is 2. The van der Waals surface area contributed by atoms with E-state index in [0.717, 1.165) is 33.4 Å². The molecule has 5 rings (SSSR count). The lowest BCUT2D eigenvalue weighted by atomic mass is 10.1. The maximum atomic E-state index is 13.7. The first-order valence-corrected chi connectivity index (χ1v) is 10.6. The molecular weight excluding hydrogens is 418 g/mol. The highest BCUT2D eigenvalue weighted by Gasteiger charge is 2.22. The molecule has 0 saturated heterocycles.